The second kappa shape index (κ2) is 8.05. The summed E-state index contributed by atoms with van der Waals surface area (Å²) in [5.74, 6) is 0.581. The zero-order valence-corrected chi connectivity index (χ0v) is 16.3. The molecule has 1 aromatic carbocycles. The van der Waals surface area contributed by atoms with Gasteiger partial charge in [-0.15, -0.1) is 0 Å². The number of hydrogen-bond acceptors (Lipinski definition) is 7. The Kier molecular flexibility index (Phi) is 6.04. The summed E-state index contributed by atoms with van der Waals surface area (Å²) in [6, 6.07) is 3.09. The Bertz CT molecular complexity index is 807. The lowest BCUT2D eigenvalue weighted by atomic mass is 10.1. The van der Waals surface area contributed by atoms with Crippen molar-refractivity contribution < 1.29 is 23.8 Å². The molecule has 0 fully saturated rings. The highest BCUT2D eigenvalue weighted by Gasteiger charge is 2.20. The number of carbonyl (C=O) groups is 2. The van der Waals surface area contributed by atoms with E-state index in [2.05, 4.69) is 10.3 Å². The molecule has 0 unspecified atom stereocenters. The molecule has 1 aromatic heterocycles. The highest BCUT2D eigenvalue weighted by molar-refractivity contribution is 7.17. The maximum absolute atomic E-state index is 12.6. The van der Waals surface area contributed by atoms with Gasteiger partial charge in [0.05, 0.1) is 27.0 Å². The first kappa shape index (κ1) is 19.5. The Morgan fingerprint density at radius 1 is 1.08 bits per heavy atom. The van der Waals surface area contributed by atoms with Crippen LogP contribution in [0.1, 0.15) is 25.7 Å². The van der Waals surface area contributed by atoms with Crippen LogP contribution >= 0.6 is 11.3 Å². The predicted molar refractivity (Wildman–Crippen MR) is 98.9 cm³/mol. The van der Waals surface area contributed by atoms with Gasteiger partial charge in [0.1, 0.15) is 4.88 Å². The summed E-state index contributed by atoms with van der Waals surface area (Å²) in [5.41, 5.74) is 0.877. The van der Waals surface area contributed by atoms with Crippen molar-refractivity contribution in [2.45, 2.75) is 6.92 Å². The van der Waals surface area contributed by atoms with Gasteiger partial charge in [-0.2, -0.15) is 0 Å². The zero-order valence-electron chi connectivity index (χ0n) is 15.5. The molecule has 8 nitrogen and oxygen atoms in total. The average Bonchev–Trinajstić information content (AvgIpc) is 2.99. The minimum Gasteiger partial charge on any atom is -0.493 e. The number of hydrogen-bond donors (Lipinski definition) is 1. The monoisotopic (exact) mass is 379 g/mol. The number of carbonyl (C=O) groups excluding carboxylic acids is 2. The molecular weight excluding hydrogens is 358 g/mol. The molecule has 9 heteroatoms. The Hall–Kier alpha value is -2.81. The molecule has 0 aliphatic carbocycles. The molecule has 0 spiro atoms. The molecule has 0 saturated heterocycles. The number of benzene rings is 1. The maximum Gasteiger partial charge on any atom is 0.265 e. The number of methoxy groups -OCH3 is 3. The number of anilines is 1. The summed E-state index contributed by atoms with van der Waals surface area (Å²) in [6.07, 6.45) is 0. The first-order chi connectivity index (χ1) is 12.3. The fourth-order valence-electron chi connectivity index (χ4n) is 2.23. The Morgan fingerprint density at radius 3 is 2.12 bits per heavy atom. The van der Waals surface area contributed by atoms with Gasteiger partial charge < -0.3 is 19.1 Å². The quantitative estimate of drug-likeness (QED) is 0.829. The minimum atomic E-state index is -0.401. The molecule has 0 aliphatic rings. The first-order valence-electron chi connectivity index (χ1n) is 7.62. The summed E-state index contributed by atoms with van der Waals surface area (Å²) >= 11 is 1.13. The van der Waals surface area contributed by atoms with Crippen LogP contribution in [0.15, 0.2) is 12.1 Å². The van der Waals surface area contributed by atoms with E-state index >= 15 is 0 Å². The van der Waals surface area contributed by atoms with Crippen LogP contribution in [-0.2, 0) is 0 Å². The predicted octanol–water partition coefficient (Wildman–Crippen LogP) is 2.43. The third-order valence-electron chi connectivity index (χ3n) is 3.54. The van der Waals surface area contributed by atoms with Gasteiger partial charge in [-0.3, -0.25) is 14.9 Å². The largest absolute Gasteiger partial charge is 0.493 e. The number of thiazole rings is 1. The number of aryl methyl sites for hydroxylation is 1. The van der Waals surface area contributed by atoms with Crippen LogP contribution in [0.3, 0.4) is 0 Å². The second-order valence-electron chi connectivity index (χ2n) is 5.50. The molecular formula is C17H21N3O5S. The van der Waals surface area contributed by atoms with Crippen LogP contribution in [0.5, 0.6) is 17.2 Å². The molecule has 2 aromatic rings. The van der Waals surface area contributed by atoms with Crippen molar-refractivity contribution in [3.63, 3.8) is 0 Å². The van der Waals surface area contributed by atoms with E-state index in [0.717, 1.165) is 11.3 Å². The number of amides is 2. The van der Waals surface area contributed by atoms with Crippen LogP contribution in [0.25, 0.3) is 0 Å². The number of rotatable bonds is 6. The Morgan fingerprint density at radius 2 is 1.65 bits per heavy atom. The van der Waals surface area contributed by atoms with E-state index in [1.165, 1.54) is 26.2 Å². The van der Waals surface area contributed by atoms with E-state index in [-0.39, 0.29) is 5.91 Å². The normalized spacial score (nSPS) is 10.2. The maximum atomic E-state index is 12.6. The van der Waals surface area contributed by atoms with Gasteiger partial charge in [0.15, 0.2) is 16.6 Å². The van der Waals surface area contributed by atoms with Gasteiger partial charge in [0.2, 0.25) is 5.75 Å². The molecule has 26 heavy (non-hydrogen) atoms. The van der Waals surface area contributed by atoms with E-state index < -0.39 is 5.91 Å². The summed E-state index contributed by atoms with van der Waals surface area (Å²) < 4.78 is 15.8. The van der Waals surface area contributed by atoms with Crippen LogP contribution in [0.2, 0.25) is 0 Å². The van der Waals surface area contributed by atoms with E-state index in [1.807, 2.05) is 0 Å². The molecule has 2 amide bonds. The van der Waals surface area contributed by atoms with Crippen molar-refractivity contribution in [1.82, 2.24) is 9.88 Å². The van der Waals surface area contributed by atoms with Crippen molar-refractivity contribution in [2.75, 3.05) is 40.7 Å². The number of aromatic nitrogens is 1. The Labute approximate surface area is 155 Å². The molecule has 140 valence electrons. The van der Waals surface area contributed by atoms with Crippen molar-refractivity contribution in [3.8, 4) is 17.2 Å². The minimum absolute atomic E-state index is 0.159. The van der Waals surface area contributed by atoms with E-state index in [4.69, 9.17) is 14.2 Å². The number of ether oxygens (including phenoxy) is 3. The van der Waals surface area contributed by atoms with Gasteiger partial charge in [-0.1, -0.05) is 11.3 Å². The van der Waals surface area contributed by atoms with Gasteiger partial charge in [-0.05, 0) is 19.1 Å². The lowest BCUT2D eigenvalue weighted by molar-refractivity contribution is 0.0831. The van der Waals surface area contributed by atoms with Crippen molar-refractivity contribution in [2.24, 2.45) is 0 Å². The third-order valence-corrected chi connectivity index (χ3v) is 4.61. The zero-order chi connectivity index (χ0) is 19.4. The SMILES string of the molecule is COc1cc(C(=O)Nc2nc(C)c(C(=O)N(C)C)s2)cc(OC)c1OC. The molecule has 0 radical (unpaired) electrons. The van der Waals surface area contributed by atoms with Crippen LogP contribution < -0.4 is 19.5 Å². The van der Waals surface area contributed by atoms with Crippen molar-refractivity contribution in [1.29, 1.82) is 0 Å². The fraction of sp³-hybridized carbons (Fsp3) is 0.353. The molecule has 1 heterocycles. The summed E-state index contributed by atoms with van der Waals surface area (Å²) in [6.45, 7) is 1.72. The number of nitrogens with one attached hydrogen (secondary N) is 1. The second-order valence-corrected chi connectivity index (χ2v) is 6.50. The fourth-order valence-corrected chi connectivity index (χ4v) is 3.22. The Balaban J connectivity index is 2.31. The van der Waals surface area contributed by atoms with Crippen molar-refractivity contribution >= 4 is 28.3 Å². The summed E-state index contributed by atoms with van der Waals surface area (Å²) in [4.78, 5) is 30.9. The van der Waals surface area contributed by atoms with Gasteiger partial charge in [0, 0.05) is 19.7 Å². The average molecular weight is 379 g/mol. The van der Waals surface area contributed by atoms with Crippen LogP contribution in [0, 0.1) is 6.92 Å². The molecule has 1 N–H and O–H groups in total. The van der Waals surface area contributed by atoms with Gasteiger partial charge >= 0.3 is 0 Å². The highest BCUT2D eigenvalue weighted by Crippen LogP contribution is 2.38. The lowest BCUT2D eigenvalue weighted by Crippen LogP contribution is -2.21. The van der Waals surface area contributed by atoms with Crippen LogP contribution in [-0.4, -0.2) is 57.1 Å². The van der Waals surface area contributed by atoms with E-state index in [9.17, 15) is 9.59 Å². The molecule has 0 bridgehead atoms. The summed E-state index contributed by atoms with van der Waals surface area (Å²) in [7, 11) is 7.76. The molecule has 2 rings (SSSR count). The first-order valence-corrected chi connectivity index (χ1v) is 8.44. The smallest absolute Gasteiger partial charge is 0.265 e. The topological polar surface area (TPSA) is 90.0 Å². The van der Waals surface area contributed by atoms with Crippen LogP contribution in [0.4, 0.5) is 5.13 Å². The lowest BCUT2D eigenvalue weighted by Gasteiger charge is -2.13. The molecule has 0 saturated carbocycles. The summed E-state index contributed by atoms with van der Waals surface area (Å²) in [5, 5.41) is 3.04. The van der Waals surface area contributed by atoms with Crippen molar-refractivity contribution in [3.05, 3.63) is 28.3 Å². The highest BCUT2D eigenvalue weighted by atomic mass is 32.1. The number of nitrogens with zero attached hydrogens (tertiary/aromatic N) is 2. The standard InChI is InChI=1S/C17H21N3O5S/c1-9-14(16(22)20(2)3)26-17(18-9)19-15(21)10-7-11(23-4)13(25-6)12(8-10)24-5/h7-8H,1-6H3,(H,18,19,21). The molecule has 0 aliphatic heterocycles. The van der Waals surface area contributed by atoms with E-state index in [0.29, 0.717) is 38.5 Å². The van der Waals surface area contributed by atoms with Gasteiger partial charge in [-0.25, -0.2) is 4.98 Å². The molecule has 0 atom stereocenters. The van der Waals surface area contributed by atoms with E-state index in [1.54, 1.807) is 33.2 Å². The van der Waals surface area contributed by atoms with Gasteiger partial charge in [0.25, 0.3) is 11.8 Å². The third kappa shape index (κ3) is 3.88.